The maximum atomic E-state index is 10.8. The van der Waals surface area contributed by atoms with Crippen molar-refractivity contribution < 1.29 is 13.0 Å². The quantitative estimate of drug-likeness (QED) is 0.719. The van der Waals surface area contributed by atoms with Crippen molar-refractivity contribution in [3.8, 4) is 0 Å². The van der Waals surface area contributed by atoms with Crippen LogP contribution in [0.15, 0.2) is 0 Å². The second kappa shape index (κ2) is 3.20. The molecular weight excluding hydrogens is 200 g/mol. The highest BCUT2D eigenvalue weighted by molar-refractivity contribution is 7.85. The smallest absolute Gasteiger partial charge is 0.265 e. The Morgan fingerprint density at radius 1 is 1.21 bits per heavy atom. The van der Waals surface area contributed by atoms with E-state index in [4.69, 9.17) is 4.55 Å². The molecule has 0 radical (unpaired) electrons. The monoisotopic (exact) mass is 218 g/mol. The van der Waals surface area contributed by atoms with Crippen LogP contribution in [0.5, 0.6) is 0 Å². The molecule has 4 heteroatoms. The molecule has 0 aromatic rings. The Balaban J connectivity index is 2.07. The molecule has 82 valence electrons. The molecule has 0 spiro atoms. The number of rotatable bonds is 2. The topological polar surface area (TPSA) is 54.4 Å². The average molecular weight is 218 g/mol. The summed E-state index contributed by atoms with van der Waals surface area (Å²) in [5.41, 5.74) is 0. The molecule has 2 aliphatic carbocycles. The molecule has 1 N–H and O–H groups in total. The van der Waals surface area contributed by atoms with Crippen LogP contribution in [0.4, 0.5) is 0 Å². The van der Waals surface area contributed by atoms with Gasteiger partial charge in [0.15, 0.2) is 0 Å². The summed E-state index contributed by atoms with van der Waals surface area (Å²) in [5, 5.41) is 0. The molecule has 5 unspecified atom stereocenters. The molecule has 2 bridgehead atoms. The maximum Gasteiger partial charge on any atom is 0.265 e. The van der Waals surface area contributed by atoms with E-state index in [1.807, 2.05) is 0 Å². The zero-order chi connectivity index (χ0) is 10.5. The van der Waals surface area contributed by atoms with Crippen LogP contribution in [0.1, 0.15) is 26.7 Å². The minimum atomic E-state index is -3.77. The summed E-state index contributed by atoms with van der Waals surface area (Å²) in [5.74, 6) is 2.77. The van der Waals surface area contributed by atoms with Crippen LogP contribution < -0.4 is 0 Å². The molecule has 14 heavy (non-hydrogen) atoms. The summed E-state index contributed by atoms with van der Waals surface area (Å²) in [4.78, 5) is 0. The molecule has 2 saturated carbocycles. The van der Waals surface area contributed by atoms with Crippen molar-refractivity contribution in [3.63, 3.8) is 0 Å². The number of fused-ring (bicyclic) bond motifs is 2. The van der Waals surface area contributed by atoms with Gasteiger partial charge in [-0.15, -0.1) is 0 Å². The third-order valence-electron chi connectivity index (χ3n) is 4.46. The van der Waals surface area contributed by atoms with E-state index in [9.17, 15) is 8.42 Å². The summed E-state index contributed by atoms with van der Waals surface area (Å²) in [6.07, 6.45) is 2.17. The van der Waals surface area contributed by atoms with Gasteiger partial charge in [-0.3, -0.25) is 4.55 Å². The highest BCUT2D eigenvalue weighted by atomic mass is 32.2. The molecule has 5 atom stereocenters. The fourth-order valence-corrected chi connectivity index (χ4v) is 4.48. The van der Waals surface area contributed by atoms with Gasteiger partial charge in [-0.05, 0) is 42.4 Å². The van der Waals surface area contributed by atoms with Crippen LogP contribution in [-0.2, 0) is 10.1 Å². The third kappa shape index (κ3) is 1.70. The van der Waals surface area contributed by atoms with Gasteiger partial charge in [0.05, 0.1) is 5.75 Å². The fourth-order valence-electron chi connectivity index (χ4n) is 3.56. The van der Waals surface area contributed by atoms with Gasteiger partial charge in [0.1, 0.15) is 0 Å². The largest absolute Gasteiger partial charge is 0.286 e. The van der Waals surface area contributed by atoms with Crippen LogP contribution >= 0.6 is 0 Å². The van der Waals surface area contributed by atoms with Crippen LogP contribution in [0.3, 0.4) is 0 Å². The van der Waals surface area contributed by atoms with Gasteiger partial charge >= 0.3 is 0 Å². The zero-order valence-electron chi connectivity index (χ0n) is 8.68. The lowest BCUT2D eigenvalue weighted by molar-refractivity contribution is 0.201. The van der Waals surface area contributed by atoms with E-state index in [-0.39, 0.29) is 11.7 Å². The van der Waals surface area contributed by atoms with Crippen LogP contribution in [0, 0.1) is 29.6 Å². The SMILES string of the molecule is CC1C2CC(CS(=O)(=O)O)C(C2)C1C. The van der Waals surface area contributed by atoms with Gasteiger partial charge in [-0.25, -0.2) is 0 Å². The standard InChI is InChI=1S/C10H18O3S/c1-6-7(2)10-4-8(6)3-9(10)5-14(11,12)13/h6-10H,3-5H2,1-2H3,(H,11,12,13). The fraction of sp³-hybridized carbons (Fsp3) is 1.00. The van der Waals surface area contributed by atoms with Crippen molar-refractivity contribution in [2.45, 2.75) is 26.7 Å². The Bertz CT molecular complexity index is 320. The molecule has 0 heterocycles. The van der Waals surface area contributed by atoms with E-state index in [0.29, 0.717) is 17.8 Å². The Hall–Kier alpha value is -0.0900. The normalized spacial score (nSPS) is 47.2. The average Bonchev–Trinajstić information content (AvgIpc) is 2.51. The van der Waals surface area contributed by atoms with E-state index in [2.05, 4.69) is 13.8 Å². The van der Waals surface area contributed by atoms with E-state index < -0.39 is 10.1 Å². The van der Waals surface area contributed by atoms with Crippen molar-refractivity contribution in [1.29, 1.82) is 0 Å². The summed E-state index contributed by atoms with van der Waals surface area (Å²) >= 11 is 0. The molecule has 0 aromatic carbocycles. The lowest BCUT2D eigenvalue weighted by Crippen LogP contribution is -2.29. The van der Waals surface area contributed by atoms with E-state index in [1.54, 1.807) is 0 Å². The van der Waals surface area contributed by atoms with Crippen molar-refractivity contribution in [1.82, 2.24) is 0 Å². The molecule has 0 saturated heterocycles. The first-order valence-corrected chi connectivity index (χ1v) is 6.94. The summed E-state index contributed by atoms with van der Waals surface area (Å²) in [6, 6.07) is 0. The highest BCUT2D eigenvalue weighted by Crippen LogP contribution is 2.55. The second-order valence-corrected chi connectivity index (χ2v) is 6.62. The summed E-state index contributed by atoms with van der Waals surface area (Å²) in [6.45, 7) is 4.48. The first-order chi connectivity index (χ1) is 6.38. The number of hydrogen-bond acceptors (Lipinski definition) is 2. The first-order valence-electron chi connectivity index (χ1n) is 5.33. The van der Waals surface area contributed by atoms with Gasteiger partial charge in [0.25, 0.3) is 10.1 Å². The molecule has 3 nitrogen and oxygen atoms in total. The zero-order valence-corrected chi connectivity index (χ0v) is 9.50. The Labute approximate surface area is 85.6 Å². The van der Waals surface area contributed by atoms with Gasteiger partial charge in [0.2, 0.25) is 0 Å². The summed E-state index contributed by atoms with van der Waals surface area (Å²) < 4.78 is 30.4. The van der Waals surface area contributed by atoms with Crippen molar-refractivity contribution in [2.24, 2.45) is 29.6 Å². The maximum absolute atomic E-state index is 10.8. The molecule has 0 aliphatic heterocycles. The van der Waals surface area contributed by atoms with Gasteiger partial charge in [-0.1, -0.05) is 13.8 Å². The lowest BCUT2D eigenvalue weighted by atomic mass is 9.76. The van der Waals surface area contributed by atoms with Gasteiger partial charge in [0, 0.05) is 0 Å². The van der Waals surface area contributed by atoms with E-state index in [0.717, 1.165) is 12.3 Å². The Kier molecular flexibility index (Phi) is 2.39. The predicted molar refractivity (Wildman–Crippen MR) is 54.4 cm³/mol. The van der Waals surface area contributed by atoms with Gasteiger partial charge < -0.3 is 0 Å². The molecule has 2 fully saturated rings. The minimum absolute atomic E-state index is 0.0226. The van der Waals surface area contributed by atoms with Crippen molar-refractivity contribution in [3.05, 3.63) is 0 Å². The third-order valence-corrected chi connectivity index (χ3v) is 5.31. The van der Waals surface area contributed by atoms with Crippen LogP contribution in [-0.4, -0.2) is 18.7 Å². The second-order valence-electron chi connectivity index (χ2n) is 5.12. The Morgan fingerprint density at radius 3 is 2.29 bits per heavy atom. The lowest BCUT2D eigenvalue weighted by Gasteiger charge is -2.30. The predicted octanol–water partition coefficient (Wildman–Crippen LogP) is 1.80. The van der Waals surface area contributed by atoms with E-state index in [1.165, 1.54) is 6.42 Å². The summed E-state index contributed by atoms with van der Waals surface area (Å²) in [7, 11) is -3.77. The Morgan fingerprint density at radius 2 is 1.86 bits per heavy atom. The number of hydrogen-bond donors (Lipinski definition) is 1. The minimum Gasteiger partial charge on any atom is -0.286 e. The highest BCUT2D eigenvalue weighted by Gasteiger charge is 2.49. The molecular formula is C10H18O3S. The van der Waals surface area contributed by atoms with Gasteiger partial charge in [-0.2, -0.15) is 8.42 Å². The first kappa shape index (κ1) is 10.4. The van der Waals surface area contributed by atoms with Crippen molar-refractivity contribution in [2.75, 3.05) is 5.75 Å². The molecule has 2 rings (SSSR count). The molecule has 2 aliphatic rings. The molecule has 0 amide bonds. The van der Waals surface area contributed by atoms with Crippen LogP contribution in [0.25, 0.3) is 0 Å². The van der Waals surface area contributed by atoms with E-state index >= 15 is 0 Å². The van der Waals surface area contributed by atoms with Crippen molar-refractivity contribution >= 4 is 10.1 Å². The van der Waals surface area contributed by atoms with Crippen LogP contribution in [0.2, 0.25) is 0 Å². The molecule has 0 aromatic heterocycles.